The van der Waals surface area contributed by atoms with E-state index in [1.165, 1.54) is 5.56 Å². The molecule has 0 amide bonds. The summed E-state index contributed by atoms with van der Waals surface area (Å²) in [4.78, 5) is 9.02. The van der Waals surface area contributed by atoms with Gasteiger partial charge in [-0.1, -0.05) is 51.1 Å². The number of halogens is 1. The Morgan fingerprint density at radius 2 is 1.79 bits per heavy atom. The second-order valence-corrected chi connectivity index (χ2v) is 7.73. The molecule has 1 heterocycles. The van der Waals surface area contributed by atoms with Crippen molar-refractivity contribution in [1.82, 2.24) is 15.6 Å². The average molecular weight is 496 g/mol. The lowest BCUT2D eigenvalue weighted by atomic mass is 9.86. The fourth-order valence-electron chi connectivity index (χ4n) is 2.71. The molecule has 0 radical (unpaired) electrons. The Morgan fingerprint density at radius 3 is 2.36 bits per heavy atom. The third kappa shape index (κ3) is 7.75. The molecule has 1 aromatic heterocycles. The Morgan fingerprint density at radius 1 is 1.11 bits per heavy atom. The fourth-order valence-corrected chi connectivity index (χ4v) is 2.71. The summed E-state index contributed by atoms with van der Waals surface area (Å²) in [7, 11) is 0. The molecule has 0 fully saturated rings. The summed E-state index contributed by atoms with van der Waals surface area (Å²) in [6.45, 7) is 12.2. The van der Waals surface area contributed by atoms with E-state index in [1.54, 1.807) is 0 Å². The average Bonchev–Trinajstić information content (AvgIpc) is 2.63. The van der Waals surface area contributed by atoms with Gasteiger partial charge in [-0.25, -0.2) is 4.99 Å². The molecule has 28 heavy (non-hydrogen) atoms. The molecular weight excluding hydrogens is 463 g/mol. The topological polar surface area (TPSA) is 69.5 Å². The van der Waals surface area contributed by atoms with Gasteiger partial charge < -0.3 is 15.7 Å². The number of aliphatic imine (C=N–C) groups is 1. The third-order valence-electron chi connectivity index (χ3n) is 4.31. The number of aromatic nitrogens is 1. The highest BCUT2D eigenvalue weighted by molar-refractivity contribution is 14.0. The Labute approximate surface area is 186 Å². The van der Waals surface area contributed by atoms with Crippen molar-refractivity contribution in [2.75, 3.05) is 13.1 Å². The summed E-state index contributed by atoms with van der Waals surface area (Å²) >= 11 is 0. The number of guanidine groups is 1. The first kappa shape index (κ1) is 24.4. The van der Waals surface area contributed by atoms with Crippen molar-refractivity contribution in [2.24, 2.45) is 4.99 Å². The van der Waals surface area contributed by atoms with Crippen molar-refractivity contribution in [3.8, 4) is 0 Å². The minimum atomic E-state index is -0.597. The lowest BCUT2D eigenvalue weighted by Gasteiger charge is -2.20. The molecule has 5 nitrogen and oxygen atoms in total. The maximum atomic E-state index is 10.5. The zero-order valence-corrected chi connectivity index (χ0v) is 19.8. The lowest BCUT2D eigenvalue weighted by Crippen LogP contribution is -2.39. The van der Waals surface area contributed by atoms with Gasteiger partial charge in [-0.3, -0.25) is 4.98 Å². The molecular formula is C22H33IN4O. The molecule has 2 aromatic rings. The molecule has 1 aromatic carbocycles. The predicted molar refractivity (Wildman–Crippen MR) is 127 cm³/mol. The number of rotatable bonds is 6. The second-order valence-electron chi connectivity index (χ2n) is 7.73. The smallest absolute Gasteiger partial charge is 0.191 e. The molecule has 0 saturated carbocycles. The normalized spacial score (nSPS) is 12.9. The van der Waals surface area contributed by atoms with Crippen molar-refractivity contribution in [1.29, 1.82) is 0 Å². The molecule has 0 spiro atoms. The number of aliphatic hydroxyl groups excluding tert-OH is 1. The van der Waals surface area contributed by atoms with Gasteiger partial charge in [0.1, 0.15) is 0 Å². The van der Waals surface area contributed by atoms with Gasteiger partial charge in [-0.2, -0.15) is 0 Å². The van der Waals surface area contributed by atoms with Crippen LogP contribution in [0.3, 0.4) is 0 Å². The zero-order chi connectivity index (χ0) is 19.9. The Bertz CT molecular complexity index is 754. The summed E-state index contributed by atoms with van der Waals surface area (Å²) in [6, 6.07) is 14.1. The molecule has 3 N–H and O–H groups in total. The number of hydrogen-bond donors (Lipinski definition) is 3. The Kier molecular flexibility index (Phi) is 9.89. The minimum Gasteiger partial charge on any atom is -0.387 e. The molecule has 0 aliphatic heterocycles. The van der Waals surface area contributed by atoms with Crippen LogP contribution >= 0.6 is 24.0 Å². The highest BCUT2D eigenvalue weighted by Crippen LogP contribution is 2.23. The summed E-state index contributed by atoms with van der Waals surface area (Å²) in [5, 5.41) is 16.9. The molecule has 6 heteroatoms. The second kappa shape index (κ2) is 11.4. The van der Waals surface area contributed by atoms with E-state index in [4.69, 9.17) is 0 Å². The van der Waals surface area contributed by atoms with Crippen LogP contribution in [0.5, 0.6) is 0 Å². The first-order chi connectivity index (χ1) is 12.8. The highest BCUT2D eigenvalue weighted by Gasteiger charge is 2.14. The number of pyridine rings is 1. The van der Waals surface area contributed by atoms with Crippen LogP contribution in [-0.4, -0.2) is 29.1 Å². The number of nitrogens with one attached hydrogen (secondary N) is 2. The number of hydrogen-bond acceptors (Lipinski definition) is 3. The monoisotopic (exact) mass is 496 g/mol. The van der Waals surface area contributed by atoms with Crippen molar-refractivity contribution in [2.45, 2.75) is 52.7 Å². The maximum Gasteiger partial charge on any atom is 0.191 e. The molecule has 0 bridgehead atoms. The van der Waals surface area contributed by atoms with Crippen LogP contribution in [0.15, 0.2) is 47.5 Å². The van der Waals surface area contributed by atoms with E-state index in [0.29, 0.717) is 19.0 Å². The Balaban J connectivity index is 0.00000392. The minimum absolute atomic E-state index is 0. The summed E-state index contributed by atoms with van der Waals surface area (Å²) in [5.74, 6) is 0.672. The van der Waals surface area contributed by atoms with Crippen LogP contribution in [0, 0.1) is 6.92 Å². The fraction of sp³-hybridized carbons (Fsp3) is 0.455. The van der Waals surface area contributed by atoms with E-state index < -0.39 is 6.10 Å². The van der Waals surface area contributed by atoms with Crippen molar-refractivity contribution in [3.63, 3.8) is 0 Å². The summed E-state index contributed by atoms with van der Waals surface area (Å²) in [6.07, 6.45) is -0.597. The van der Waals surface area contributed by atoms with E-state index in [0.717, 1.165) is 23.5 Å². The van der Waals surface area contributed by atoms with Crippen molar-refractivity contribution < 1.29 is 5.11 Å². The SMILES string of the molecule is CCNC(=NCc1cccc(C)n1)NCC(O)c1ccc(C(C)(C)C)cc1.I. The van der Waals surface area contributed by atoms with Gasteiger partial charge in [0, 0.05) is 18.8 Å². The zero-order valence-electron chi connectivity index (χ0n) is 17.5. The van der Waals surface area contributed by atoms with Crippen LogP contribution in [0.25, 0.3) is 0 Å². The largest absolute Gasteiger partial charge is 0.387 e. The quantitative estimate of drug-likeness (QED) is 0.320. The van der Waals surface area contributed by atoms with Gasteiger partial charge in [0.25, 0.3) is 0 Å². The van der Waals surface area contributed by atoms with Gasteiger partial charge in [-0.15, -0.1) is 24.0 Å². The first-order valence-electron chi connectivity index (χ1n) is 9.53. The molecule has 2 rings (SSSR count). The van der Waals surface area contributed by atoms with E-state index >= 15 is 0 Å². The van der Waals surface area contributed by atoms with Gasteiger partial charge in [0.2, 0.25) is 0 Å². The molecule has 0 aliphatic rings. The number of aryl methyl sites for hydroxylation is 1. The standard InChI is InChI=1S/C22H32N4O.HI/c1-6-23-21(24-14-19-9-7-8-16(2)26-19)25-15-20(27)17-10-12-18(13-11-17)22(3,4)5;/h7-13,20,27H,6,14-15H2,1-5H3,(H2,23,24,25);1H. The van der Waals surface area contributed by atoms with E-state index in [1.807, 2.05) is 44.2 Å². The third-order valence-corrected chi connectivity index (χ3v) is 4.31. The van der Waals surface area contributed by atoms with E-state index in [2.05, 4.69) is 53.5 Å². The molecule has 0 aliphatic carbocycles. The van der Waals surface area contributed by atoms with Crippen LogP contribution in [0.4, 0.5) is 0 Å². The first-order valence-corrected chi connectivity index (χ1v) is 9.53. The van der Waals surface area contributed by atoms with Crippen LogP contribution in [-0.2, 0) is 12.0 Å². The molecule has 154 valence electrons. The van der Waals surface area contributed by atoms with Gasteiger partial charge in [0.05, 0.1) is 18.3 Å². The van der Waals surface area contributed by atoms with E-state index in [-0.39, 0.29) is 29.4 Å². The van der Waals surface area contributed by atoms with Crippen LogP contribution < -0.4 is 10.6 Å². The summed E-state index contributed by atoms with van der Waals surface area (Å²) < 4.78 is 0. The van der Waals surface area contributed by atoms with Crippen molar-refractivity contribution >= 4 is 29.9 Å². The van der Waals surface area contributed by atoms with E-state index in [9.17, 15) is 5.11 Å². The van der Waals surface area contributed by atoms with Crippen LogP contribution in [0.1, 0.15) is 56.3 Å². The number of nitrogens with zero attached hydrogens (tertiary/aromatic N) is 2. The van der Waals surface area contributed by atoms with Crippen LogP contribution in [0.2, 0.25) is 0 Å². The number of aliphatic hydroxyl groups is 1. The Hall–Kier alpha value is -1.67. The maximum absolute atomic E-state index is 10.5. The predicted octanol–water partition coefficient (Wildman–Crippen LogP) is 4.09. The molecule has 0 saturated heterocycles. The molecule has 1 unspecified atom stereocenters. The van der Waals surface area contributed by atoms with Gasteiger partial charge in [-0.05, 0) is 42.5 Å². The number of benzene rings is 1. The van der Waals surface area contributed by atoms with Gasteiger partial charge >= 0.3 is 0 Å². The van der Waals surface area contributed by atoms with Gasteiger partial charge in [0.15, 0.2) is 5.96 Å². The lowest BCUT2D eigenvalue weighted by molar-refractivity contribution is 0.181. The van der Waals surface area contributed by atoms with Crippen molar-refractivity contribution in [3.05, 3.63) is 65.0 Å². The summed E-state index contributed by atoms with van der Waals surface area (Å²) in [5.41, 5.74) is 4.16. The highest BCUT2D eigenvalue weighted by atomic mass is 127. The molecule has 1 atom stereocenters.